The van der Waals surface area contributed by atoms with Crippen LogP contribution < -0.4 is 4.74 Å². The summed E-state index contributed by atoms with van der Waals surface area (Å²) in [5.74, 6) is 1.21. The summed E-state index contributed by atoms with van der Waals surface area (Å²) in [4.78, 5) is 14.8. The van der Waals surface area contributed by atoms with Gasteiger partial charge in [0.05, 0.1) is 5.69 Å². The molecule has 0 N–H and O–H groups in total. The van der Waals surface area contributed by atoms with Crippen molar-refractivity contribution in [2.45, 2.75) is 24.7 Å². The van der Waals surface area contributed by atoms with Crippen molar-refractivity contribution in [2.75, 3.05) is 12.8 Å². The first kappa shape index (κ1) is 19.8. The third-order valence-electron chi connectivity index (χ3n) is 4.59. The standard InChI is InChI=1S/C20H19ClN4O3S/c1-29(26,27)20-23-11-15-13-25(10-8-18(15)24-20)12-14-3-2-9-22-19(14)28-17-6-4-16(21)5-7-17/h2-7,9,11H,8,10,12-13H2,1H3. The molecule has 0 saturated carbocycles. The zero-order valence-corrected chi connectivity index (χ0v) is 17.3. The molecular formula is C20H19ClN4O3S. The molecule has 0 fully saturated rings. The number of ether oxygens (including phenoxy) is 1. The van der Waals surface area contributed by atoms with Crippen LogP contribution in [0.3, 0.4) is 0 Å². The van der Waals surface area contributed by atoms with E-state index in [9.17, 15) is 8.42 Å². The molecule has 0 radical (unpaired) electrons. The average Bonchev–Trinajstić information content (AvgIpc) is 2.70. The Morgan fingerprint density at radius 1 is 1.17 bits per heavy atom. The summed E-state index contributed by atoms with van der Waals surface area (Å²) in [6.07, 6.45) is 5.09. The minimum Gasteiger partial charge on any atom is -0.439 e. The first-order valence-electron chi connectivity index (χ1n) is 9.03. The lowest BCUT2D eigenvalue weighted by atomic mass is 10.1. The lowest BCUT2D eigenvalue weighted by molar-refractivity contribution is 0.238. The van der Waals surface area contributed by atoms with E-state index in [0.717, 1.165) is 29.6 Å². The van der Waals surface area contributed by atoms with E-state index in [1.54, 1.807) is 36.7 Å². The molecule has 0 unspecified atom stereocenters. The Labute approximate surface area is 174 Å². The Morgan fingerprint density at radius 3 is 2.72 bits per heavy atom. The number of fused-ring (bicyclic) bond motifs is 1. The van der Waals surface area contributed by atoms with Crippen LogP contribution in [-0.4, -0.2) is 41.1 Å². The maximum absolute atomic E-state index is 11.7. The van der Waals surface area contributed by atoms with Crippen LogP contribution >= 0.6 is 11.6 Å². The van der Waals surface area contributed by atoms with E-state index in [1.165, 1.54) is 0 Å². The summed E-state index contributed by atoms with van der Waals surface area (Å²) < 4.78 is 29.3. The van der Waals surface area contributed by atoms with Crippen LogP contribution in [0.25, 0.3) is 0 Å². The molecule has 2 aromatic heterocycles. The van der Waals surface area contributed by atoms with Gasteiger partial charge in [-0.2, -0.15) is 0 Å². The van der Waals surface area contributed by atoms with Crippen LogP contribution in [0.15, 0.2) is 53.9 Å². The van der Waals surface area contributed by atoms with Crippen molar-refractivity contribution in [1.29, 1.82) is 0 Å². The topological polar surface area (TPSA) is 85.3 Å². The van der Waals surface area contributed by atoms with E-state index >= 15 is 0 Å². The fraction of sp³-hybridized carbons (Fsp3) is 0.250. The molecule has 9 heteroatoms. The zero-order chi connectivity index (χ0) is 20.4. The van der Waals surface area contributed by atoms with E-state index in [0.29, 0.717) is 36.2 Å². The third kappa shape index (κ3) is 4.72. The second-order valence-corrected chi connectivity index (χ2v) is 9.23. The number of sulfone groups is 1. The normalized spacial score (nSPS) is 14.4. The Kier molecular flexibility index (Phi) is 5.49. The molecule has 0 saturated heterocycles. The molecule has 1 aromatic carbocycles. The van der Waals surface area contributed by atoms with Gasteiger partial charge >= 0.3 is 0 Å². The van der Waals surface area contributed by atoms with Gasteiger partial charge < -0.3 is 4.74 Å². The van der Waals surface area contributed by atoms with Gasteiger partial charge in [0.2, 0.25) is 20.9 Å². The molecule has 1 aliphatic rings. The minimum absolute atomic E-state index is 0.115. The minimum atomic E-state index is -3.41. The number of aromatic nitrogens is 3. The lowest BCUT2D eigenvalue weighted by Gasteiger charge is -2.28. The summed E-state index contributed by atoms with van der Waals surface area (Å²) in [5.41, 5.74) is 2.69. The predicted molar refractivity (Wildman–Crippen MR) is 109 cm³/mol. The molecule has 150 valence electrons. The number of benzene rings is 1. The average molecular weight is 431 g/mol. The summed E-state index contributed by atoms with van der Waals surface area (Å²) in [5, 5.41) is 0.530. The third-order valence-corrected chi connectivity index (χ3v) is 5.71. The fourth-order valence-electron chi connectivity index (χ4n) is 3.16. The van der Waals surface area contributed by atoms with Gasteiger partial charge in [0.1, 0.15) is 5.75 Å². The number of pyridine rings is 1. The zero-order valence-electron chi connectivity index (χ0n) is 15.7. The van der Waals surface area contributed by atoms with E-state index in [1.807, 2.05) is 12.1 Å². The molecule has 29 heavy (non-hydrogen) atoms. The van der Waals surface area contributed by atoms with Crippen molar-refractivity contribution in [1.82, 2.24) is 19.9 Å². The van der Waals surface area contributed by atoms with Crippen molar-refractivity contribution < 1.29 is 13.2 Å². The van der Waals surface area contributed by atoms with Crippen LogP contribution in [0.5, 0.6) is 11.6 Å². The molecule has 3 heterocycles. The maximum atomic E-state index is 11.7. The molecule has 0 bridgehead atoms. The molecular weight excluding hydrogens is 412 g/mol. The largest absolute Gasteiger partial charge is 0.439 e. The van der Waals surface area contributed by atoms with Crippen LogP contribution in [0.2, 0.25) is 5.02 Å². The van der Waals surface area contributed by atoms with Crippen molar-refractivity contribution in [3.05, 3.63) is 70.6 Å². The number of halogens is 1. The van der Waals surface area contributed by atoms with Gasteiger partial charge in [-0.25, -0.2) is 23.4 Å². The molecule has 0 amide bonds. The maximum Gasteiger partial charge on any atom is 0.246 e. The van der Waals surface area contributed by atoms with Crippen LogP contribution in [0, 0.1) is 0 Å². The molecule has 0 atom stereocenters. The van der Waals surface area contributed by atoms with Crippen LogP contribution in [0.1, 0.15) is 16.8 Å². The molecule has 0 aliphatic carbocycles. The number of hydrogen-bond donors (Lipinski definition) is 0. The Balaban J connectivity index is 1.50. The molecule has 4 rings (SSSR count). The quantitative estimate of drug-likeness (QED) is 0.574. The van der Waals surface area contributed by atoms with Gasteiger partial charge in [0, 0.05) is 60.9 Å². The molecule has 1 aliphatic heterocycles. The van der Waals surface area contributed by atoms with Gasteiger partial charge in [-0.3, -0.25) is 4.90 Å². The second-order valence-electron chi connectivity index (χ2n) is 6.88. The van der Waals surface area contributed by atoms with Crippen LogP contribution in [-0.2, 0) is 29.3 Å². The van der Waals surface area contributed by atoms with Crippen molar-refractivity contribution in [3.63, 3.8) is 0 Å². The summed E-state index contributed by atoms with van der Waals surface area (Å²) in [6.45, 7) is 2.03. The predicted octanol–water partition coefficient (Wildman–Crippen LogP) is 3.28. The van der Waals surface area contributed by atoms with Crippen molar-refractivity contribution in [2.24, 2.45) is 0 Å². The first-order valence-corrected chi connectivity index (χ1v) is 11.3. The Hall–Kier alpha value is -2.55. The Morgan fingerprint density at radius 2 is 1.97 bits per heavy atom. The molecule has 0 spiro atoms. The van der Waals surface area contributed by atoms with Crippen molar-refractivity contribution in [3.8, 4) is 11.6 Å². The van der Waals surface area contributed by atoms with Gasteiger partial charge in [-0.1, -0.05) is 17.7 Å². The molecule has 3 aromatic rings. The monoisotopic (exact) mass is 430 g/mol. The molecule has 7 nitrogen and oxygen atoms in total. The number of nitrogens with zero attached hydrogens (tertiary/aromatic N) is 4. The van der Waals surface area contributed by atoms with E-state index in [-0.39, 0.29) is 5.16 Å². The lowest BCUT2D eigenvalue weighted by Crippen LogP contribution is -2.31. The van der Waals surface area contributed by atoms with E-state index in [2.05, 4.69) is 19.9 Å². The first-order chi connectivity index (χ1) is 13.9. The number of hydrogen-bond acceptors (Lipinski definition) is 7. The van der Waals surface area contributed by atoms with Gasteiger partial charge in [0.15, 0.2) is 0 Å². The summed E-state index contributed by atoms with van der Waals surface area (Å²) >= 11 is 5.93. The fourth-order valence-corrected chi connectivity index (χ4v) is 3.81. The Bertz CT molecular complexity index is 1140. The second kappa shape index (κ2) is 8.06. The van der Waals surface area contributed by atoms with Gasteiger partial charge in [-0.15, -0.1) is 0 Å². The van der Waals surface area contributed by atoms with Crippen LogP contribution in [0.4, 0.5) is 0 Å². The van der Waals surface area contributed by atoms with Gasteiger partial charge in [-0.05, 0) is 30.3 Å². The van der Waals surface area contributed by atoms with Crippen molar-refractivity contribution >= 4 is 21.4 Å². The summed E-state index contributed by atoms with van der Waals surface area (Å²) in [7, 11) is -3.41. The highest BCUT2D eigenvalue weighted by molar-refractivity contribution is 7.90. The SMILES string of the molecule is CS(=O)(=O)c1ncc2c(n1)CCN(Cc1cccnc1Oc1ccc(Cl)cc1)C2. The van der Waals surface area contributed by atoms with Gasteiger partial charge in [0.25, 0.3) is 0 Å². The highest BCUT2D eigenvalue weighted by Gasteiger charge is 2.22. The summed E-state index contributed by atoms with van der Waals surface area (Å²) in [6, 6.07) is 11.0. The smallest absolute Gasteiger partial charge is 0.246 e. The highest BCUT2D eigenvalue weighted by atomic mass is 35.5. The van der Waals surface area contributed by atoms with E-state index < -0.39 is 9.84 Å². The highest BCUT2D eigenvalue weighted by Crippen LogP contribution is 2.27. The van der Waals surface area contributed by atoms with E-state index in [4.69, 9.17) is 16.3 Å². The number of rotatable bonds is 5.